The molecular weight excluding hydrogens is 303 g/mol. The highest BCUT2D eigenvalue weighted by Crippen LogP contribution is 2.24. The molecule has 1 aliphatic rings. The predicted octanol–water partition coefficient (Wildman–Crippen LogP) is 1.18. The monoisotopic (exact) mass is 318 g/mol. The van der Waals surface area contributed by atoms with E-state index in [1.54, 1.807) is 6.92 Å². The van der Waals surface area contributed by atoms with Gasteiger partial charge in [-0.3, -0.25) is 4.79 Å². The summed E-state index contributed by atoms with van der Waals surface area (Å²) >= 11 is 1.52. The van der Waals surface area contributed by atoms with Crippen LogP contribution in [0, 0.1) is 11.7 Å². The Morgan fingerprint density at radius 2 is 2.48 bits per heavy atom. The first-order valence-electron chi connectivity index (χ1n) is 6.32. The molecule has 0 radical (unpaired) electrons. The highest BCUT2D eigenvalue weighted by Gasteiger charge is 2.33. The lowest BCUT2D eigenvalue weighted by Gasteiger charge is -2.18. The summed E-state index contributed by atoms with van der Waals surface area (Å²) in [6.07, 6.45) is 0.504. The van der Waals surface area contributed by atoms with Gasteiger partial charge in [0.2, 0.25) is 5.82 Å². The minimum absolute atomic E-state index is 0.128. The quantitative estimate of drug-likeness (QED) is 0.801. The third kappa shape index (κ3) is 4.18. The molecule has 2 rings (SSSR count). The maximum Gasteiger partial charge on any atom is 0.319 e. The van der Waals surface area contributed by atoms with Crippen molar-refractivity contribution in [3.05, 3.63) is 12.0 Å². The normalized spacial score (nSPS) is 19.2. The van der Waals surface area contributed by atoms with Gasteiger partial charge in [-0.15, -0.1) is 11.8 Å². The summed E-state index contributed by atoms with van der Waals surface area (Å²) in [6.45, 7) is 1.79. The number of rotatable bonds is 7. The van der Waals surface area contributed by atoms with Crippen LogP contribution in [0.25, 0.3) is 0 Å². The fourth-order valence-electron chi connectivity index (χ4n) is 1.73. The van der Waals surface area contributed by atoms with Crippen LogP contribution in [-0.2, 0) is 9.53 Å². The smallest absolute Gasteiger partial charge is 0.319 e. The lowest BCUT2D eigenvalue weighted by atomic mass is 10.1. The second kappa shape index (κ2) is 7.41. The lowest BCUT2D eigenvalue weighted by Crippen LogP contribution is -2.34. The molecule has 1 aliphatic heterocycles. The maximum atomic E-state index is 13.3. The van der Waals surface area contributed by atoms with Crippen LogP contribution in [0.4, 0.5) is 4.39 Å². The maximum absolute atomic E-state index is 13.3. The topological polar surface area (TPSA) is 90.8 Å². The molecule has 1 aromatic heterocycles. The van der Waals surface area contributed by atoms with Crippen molar-refractivity contribution >= 4 is 17.7 Å². The first-order chi connectivity index (χ1) is 10.1. The minimum atomic E-state index is -1.02. The van der Waals surface area contributed by atoms with Crippen LogP contribution in [0.15, 0.2) is 6.20 Å². The van der Waals surface area contributed by atoms with E-state index in [1.165, 1.54) is 11.8 Å². The van der Waals surface area contributed by atoms with Crippen molar-refractivity contribution in [1.82, 2.24) is 9.97 Å². The number of carboxylic acid groups (broad SMARTS) is 1. The summed E-state index contributed by atoms with van der Waals surface area (Å²) in [7, 11) is 0. The summed E-state index contributed by atoms with van der Waals surface area (Å²) in [6, 6.07) is -0.128. The molecule has 2 unspecified atom stereocenters. The summed E-state index contributed by atoms with van der Waals surface area (Å²) in [4.78, 5) is 18.6. The van der Waals surface area contributed by atoms with E-state index in [0.29, 0.717) is 11.7 Å². The van der Waals surface area contributed by atoms with E-state index < -0.39 is 23.8 Å². The van der Waals surface area contributed by atoms with E-state index in [0.717, 1.165) is 6.20 Å². The first kappa shape index (κ1) is 15.8. The molecule has 1 fully saturated rings. The lowest BCUT2D eigenvalue weighted by molar-refractivity contribution is -0.147. The molecule has 116 valence electrons. The third-order valence-electron chi connectivity index (χ3n) is 2.78. The fraction of sp³-hybridized carbons (Fsp3) is 0.583. The molecule has 7 nitrogen and oxygen atoms in total. The van der Waals surface area contributed by atoms with Crippen molar-refractivity contribution < 1.29 is 28.5 Å². The van der Waals surface area contributed by atoms with Gasteiger partial charge in [0.15, 0.2) is 0 Å². The van der Waals surface area contributed by atoms with Gasteiger partial charge in [0.25, 0.3) is 5.88 Å². The van der Waals surface area contributed by atoms with Gasteiger partial charge < -0.3 is 19.3 Å². The molecule has 1 N–H and O–H groups in total. The van der Waals surface area contributed by atoms with Crippen LogP contribution in [-0.4, -0.2) is 52.1 Å². The van der Waals surface area contributed by atoms with Crippen molar-refractivity contribution in [3.8, 4) is 11.9 Å². The Bertz CT molecular complexity index is 499. The number of carboxylic acids is 1. The van der Waals surface area contributed by atoms with Gasteiger partial charge in [0.05, 0.1) is 24.8 Å². The molecule has 0 aliphatic carbocycles. The second-order valence-corrected chi connectivity index (χ2v) is 5.17. The standard InChI is InChI=1S/C12H15FN2O5S/c1-2-18-10-8(13)3-14-12(15-10)19-4-7(11(16)17)9-5-21-6-20-9/h3,7,9H,2,4-6H2,1H3,(H,16,17). The third-order valence-corrected chi connectivity index (χ3v) is 3.64. The molecule has 0 aromatic carbocycles. The Hall–Kier alpha value is -1.61. The molecule has 0 saturated carbocycles. The van der Waals surface area contributed by atoms with Gasteiger partial charge in [-0.2, -0.15) is 9.37 Å². The second-order valence-electron chi connectivity index (χ2n) is 4.19. The molecule has 2 heterocycles. The van der Waals surface area contributed by atoms with Gasteiger partial charge >= 0.3 is 12.0 Å². The molecule has 0 spiro atoms. The zero-order valence-electron chi connectivity index (χ0n) is 11.3. The predicted molar refractivity (Wildman–Crippen MR) is 72.0 cm³/mol. The van der Waals surface area contributed by atoms with Gasteiger partial charge in [0, 0.05) is 5.75 Å². The number of hydrogen-bond donors (Lipinski definition) is 1. The largest absolute Gasteiger partial charge is 0.481 e. The van der Waals surface area contributed by atoms with Crippen LogP contribution in [0.3, 0.4) is 0 Å². The van der Waals surface area contributed by atoms with Gasteiger partial charge in [0.1, 0.15) is 12.5 Å². The average Bonchev–Trinajstić information content (AvgIpc) is 2.96. The Kier molecular flexibility index (Phi) is 5.57. The van der Waals surface area contributed by atoms with Crippen molar-refractivity contribution in [2.75, 3.05) is 24.9 Å². The van der Waals surface area contributed by atoms with Gasteiger partial charge in [-0.05, 0) is 6.92 Å². The number of aromatic nitrogens is 2. The number of ether oxygens (including phenoxy) is 3. The summed E-state index contributed by atoms with van der Waals surface area (Å²) in [5.74, 6) is -1.71. The Balaban J connectivity index is 2.00. The molecule has 1 aromatic rings. The Labute approximate surface area is 124 Å². The molecule has 2 atom stereocenters. The number of aliphatic carboxylic acids is 1. The van der Waals surface area contributed by atoms with Crippen LogP contribution in [0.5, 0.6) is 11.9 Å². The number of carbonyl (C=O) groups is 1. The van der Waals surface area contributed by atoms with Crippen molar-refractivity contribution in [2.45, 2.75) is 13.0 Å². The van der Waals surface area contributed by atoms with Crippen LogP contribution in [0.2, 0.25) is 0 Å². The molecule has 0 amide bonds. The highest BCUT2D eigenvalue weighted by molar-refractivity contribution is 7.99. The summed E-state index contributed by atoms with van der Waals surface area (Å²) < 4.78 is 28.9. The van der Waals surface area contributed by atoms with Crippen molar-refractivity contribution in [3.63, 3.8) is 0 Å². The Morgan fingerprint density at radius 3 is 3.10 bits per heavy atom. The molecule has 21 heavy (non-hydrogen) atoms. The average molecular weight is 318 g/mol. The van der Waals surface area contributed by atoms with E-state index in [1.807, 2.05) is 0 Å². The summed E-state index contributed by atoms with van der Waals surface area (Å²) in [5, 5.41) is 9.20. The number of halogens is 1. The zero-order valence-corrected chi connectivity index (χ0v) is 12.1. The van der Waals surface area contributed by atoms with E-state index in [-0.39, 0.29) is 25.1 Å². The molecule has 9 heteroatoms. The number of thioether (sulfide) groups is 1. The van der Waals surface area contributed by atoms with Crippen LogP contribution >= 0.6 is 11.8 Å². The van der Waals surface area contributed by atoms with Gasteiger partial charge in [-0.25, -0.2) is 4.98 Å². The van der Waals surface area contributed by atoms with E-state index >= 15 is 0 Å². The number of hydrogen-bond acceptors (Lipinski definition) is 7. The SMILES string of the molecule is CCOc1nc(OCC(C(=O)O)C2CSCO2)ncc1F. The van der Waals surface area contributed by atoms with E-state index in [2.05, 4.69) is 9.97 Å². The van der Waals surface area contributed by atoms with E-state index in [4.69, 9.17) is 14.2 Å². The molecule has 0 bridgehead atoms. The van der Waals surface area contributed by atoms with Crippen molar-refractivity contribution in [2.24, 2.45) is 5.92 Å². The first-order valence-corrected chi connectivity index (χ1v) is 7.47. The minimum Gasteiger partial charge on any atom is -0.481 e. The van der Waals surface area contributed by atoms with E-state index in [9.17, 15) is 14.3 Å². The van der Waals surface area contributed by atoms with Gasteiger partial charge in [-0.1, -0.05) is 0 Å². The highest BCUT2D eigenvalue weighted by atomic mass is 32.2. The molecular formula is C12H15FN2O5S. The zero-order chi connectivity index (χ0) is 15.2. The van der Waals surface area contributed by atoms with Crippen LogP contribution in [0.1, 0.15) is 6.92 Å². The van der Waals surface area contributed by atoms with Crippen molar-refractivity contribution in [1.29, 1.82) is 0 Å². The summed E-state index contributed by atoms with van der Waals surface area (Å²) in [5.41, 5.74) is 0. The fourth-order valence-corrected chi connectivity index (χ4v) is 2.65. The van der Waals surface area contributed by atoms with Crippen LogP contribution < -0.4 is 9.47 Å². The number of nitrogens with zero attached hydrogens (tertiary/aromatic N) is 2. The Morgan fingerprint density at radius 1 is 1.67 bits per heavy atom. The molecule has 1 saturated heterocycles.